The maximum atomic E-state index is 13.9. The first-order chi connectivity index (χ1) is 18.4. The van der Waals surface area contributed by atoms with Crippen LogP contribution in [0.3, 0.4) is 0 Å². The molecular weight excluding hydrogens is 486 g/mol. The zero-order chi connectivity index (χ0) is 27.4. The Labute approximate surface area is 223 Å². The van der Waals surface area contributed by atoms with E-state index in [1.165, 1.54) is 0 Å². The van der Waals surface area contributed by atoms with E-state index in [0.29, 0.717) is 40.9 Å². The second-order valence-corrected chi connectivity index (χ2v) is 9.20. The number of fused-ring (bicyclic) bond motifs is 1. The lowest BCUT2D eigenvalue weighted by atomic mass is 9.68. The number of allylic oxidation sites excluding steroid dienone is 3. The topological polar surface area (TPSA) is 92.3 Å². The normalized spacial score (nSPS) is 20.6. The third kappa shape index (κ3) is 5.08. The van der Waals surface area contributed by atoms with Crippen LogP contribution < -0.4 is 24.3 Å². The number of benzene rings is 2. The van der Waals surface area contributed by atoms with E-state index in [-0.39, 0.29) is 24.7 Å². The van der Waals surface area contributed by atoms with Gasteiger partial charge in [0.05, 0.1) is 46.0 Å². The lowest BCUT2D eigenvalue weighted by Gasteiger charge is -2.39. The fourth-order valence-electron chi connectivity index (χ4n) is 5.36. The highest BCUT2D eigenvalue weighted by atomic mass is 16.5. The zero-order valence-electron chi connectivity index (χ0n) is 22.8. The number of rotatable bonds is 9. The number of carbonyl (C=O) groups is 2. The molecule has 0 aromatic heterocycles. The second kappa shape index (κ2) is 11.6. The minimum atomic E-state index is -0.572. The van der Waals surface area contributed by atoms with Crippen molar-refractivity contribution in [2.24, 2.45) is 5.92 Å². The van der Waals surface area contributed by atoms with Crippen molar-refractivity contribution in [1.82, 2.24) is 5.32 Å². The van der Waals surface area contributed by atoms with Gasteiger partial charge in [-0.25, -0.2) is 4.79 Å². The highest BCUT2D eigenvalue weighted by Crippen LogP contribution is 2.48. The Hall–Kier alpha value is -3.94. The fraction of sp³-hybridized carbons (Fsp3) is 0.400. The molecule has 3 atom stereocenters. The van der Waals surface area contributed by atoms with E-state index in [2.05, 4.69) is 11.4 Å². The SMILES string of the molecule is CCOC(=O)C1=C(C)NC2=CC(c3ccc(OC)c(OC)c3)CC(=O)C2C1c1ccc(OCC)c(OC)c1. The summed E-state index contributed by atoms with van der Waals surface area (Å²) in [5, 5.41) is 3.36. The van der Waals surface area contributed by atoms with Gasteiger partial charge in [-0.15, -0.1) is 0 Å². The minimum Gasteiger partial charge on any atom is -0.493 e. The van der Waals surface area contributed by atoms with Gasteiger partial charge in [0, 0.05) is 29.7 Å². The van der Waals surface area contributed by atoms with Crippen molar-refractivity contribution in [2.45, 2.75) is 39.0 Å². The van der Waals surface area contributed by atoms with Crippen LogP contribution in [0.2, 0.25) is 0 Å². The lowest BCUT2D eigenvalue weighted by Crippen LogP contribution is -2.42. The molecule has 1 aliphatic carbocycles. The minimum absolute atomic E-state index is 0.0296. The largest absolute Gasteiger partial charge is 0.493 e. The maximum absolute atomic E-state index is 13.9. The number of esters is 1. The van der Waals surface area contributed by atoms with Crippen LogP contribution in [0.4, 0.5) is 0 Å². The van der Waals surface area contributed by atoms with Crippen molar-refractivity contribution in [3.05, 3.63) is 70.6 Å². The molecule has 0 saturated heterocycles. The lowest BCUT2D eigenvalue weighted by molar-refractivity contribution is -0.139. The molecule has 0 bridgehead atoms. The standard InChI is InChI=1S/C30H35NO7/c1-7-37-24-12-10-19(16-26(24)36-6)28-27(30(33)38-8-2)17(3)31-21-13-20(14-22(32)29(21)28)18-9-11-23(34-4)25(15-18)35-5/h9-13,15-16,20,28-29,31H,7-8,14H2,1-6H3. The summed E-state index contributed by atoms with van der Waals surface area (Å²) >= 11 is 0. The first-order valence-electron chi connectivity index (χ1n) is 12.8. The maximum Gasteiger partial charge on any atom is 0.336 e. The average Bonchev–Trinajstić information content (AvgIpc) is 2.92. The van der Waals surface area contributed by atoms with Gasteiger partial charge >= 0.3 is 5.97 Å². The van der Waals surface area contributed by atoms with E-state index in [1.807, 2.05) is 50.2 Å². The van der Waals surface area contributed by atoms with Crippen LogP contribution in [0.25, 0.3) is 0 Å². The molecule has 1 heterocycles. The number of nitrogens with one attached hydrogen (secondary N) is 1. The molecule has 4 rings (SSSR count). The molecule has 202 valence electrons. The van der Waals surface area contributed by atoms with Crippen molar-refractivity contribution in [3.8, 4) is 23.0 Å². The van der Waals surface area contributed by atoms with Crippen LogP contribution in [-0.4, -0.2) is 46.3 Å². The smallest absolute Gasteiger partial charge is 0.336 e. The van der Waals surface area contributed by atoms with E-state index < -0.39 is 17.8 Å². The number of methoxy groups -OCH3 is 3. The molecular formula is C30H35NO7. The van der Waals surface area contributed by atoms with Gasteiger partial charge in [-0.3, -0.25) is 4.79 Å². The Balaban J connectivity index is 1.82. The Kier molecular flexibility index (Phi) is 8.29. The summed E-state index contributed by atoms with van der Waals surface area (Å²) in [7, 11) is 4.75. The molecule has 0 spiro atoms. The summed E-state index contributed by atoms with van der Waals surface area (Å²) in [5.41, 5.74) is 3.59. The van der Waals surface area contributed by atoms with Crippen LogP contribution in [0.15, 0.2) is 59.4 Å². The fourth-order valence-corrected chi connectivity index (χ4v) is 5.36. The Morgan fingerprint density at radius 2 is 1.50 bits per heavy atom. The van der Waals surface area contributed by atoms with Crippen molar-refractivity contribution < 1.29 is 33.3 Å². The molecule has 2 aromatic carbocycles. The van der Waals surface area contributed by atoms with Crippen LogP contribution in [0.5, 0.6) is 23.0 Å². The number of hydrogen-bond donors (Lipinski definition) is 1. The molecule has 2 aliphatic rings. The van der Waals surface area contributed by atoms with Gasteiger partial charge in [0.25, 0.3) is 0 Å². The van der Waals surface area contributed by atoms with Crippen LogP contribution in [-0.2, 0) is 14.3 Å². The number of ether oxygens (including phenoxy) is 5. The van der Waals surface area contributed by atoms with E-state index in [9.17, 15) is 9.59 Å². The molecule has 3 unspecified atom stereocenters. The predicted molar refractivity (Wildman–Crippen MR) is 143 cm³/mol. The number of carbonyl (C=O) groups excluding carboxylic acids is 2. The summed E-state index contributed by atoms with van der Waals surface area (Å²) in [5.74, 6) is 0.699. The van der Waals surface area contributed by atoms with Crippen molar-refractivity contribution in [2.75, 3.05) is 34.5 Å². The van der Waals surface area contributed by atoms with E-state index in [0.717, 1.165) is 16.8 Å². The van der Waals surface area contributed by atoms with Crippen LogP contribution >= 0.6 is 0 Å². The second-order valence-electron chi connectivity index (χ2n) is 9.20. The summed E-state index contributed by atoms with van der Waals surface area (Å²) < 4.78 is 27.5. The van der Waals surface area contributed by atoms with Crippen LogP contribution in [0.1, 0.15) is 50.2 Å². The molecule has 0 saturated carbocycles. The van der Waals surface area contributed by atoms with Gasteiger partial charge < -0.3 is 29.0 Å². The van der Waals surface area contributed by atoms with Crippen LogP contribution in [0, 0.1) is 5.92 Å². The van der Waals surface area contributed by atoms with E-state index in [1.54, 1.807) is 28.3 Å². The van der Waals surface area contributed by atoms with E-state index >= 15 is 0 Å². The predicted octanol–water partition coefficient (Wildman–Crippen LogP) is 4.89. The van der Waals surface area contributed by atoms with Crippen molar-refractivity contribution in [1.29, 1.82) is 0 Å². The van der Waals surface area contributed by atoms with Gasteiger partial charge in [-0.05, 0) is 56.2 Å². The Morgan fingerprint density at radius 3 is 2.16 bits per heavy atom. The molecule has 0 radical (unpaired) electrons. The van der Waals surface area contributed by atoms with Gasteiger partial charge in [0.1, 0.15) is 5.78 Å². The van der Waals surface area contributed by atoms with E-state index in [4.69, 9.17) is 23.7 Å². The molecule has 2 aromatic rings. The molecule has 0 amide bonds. The third-order valence-electron chi connectivity index (χ3n) is 7.04. The molecule has 0 fully saturated rings. The van der Waals surface area contributed by atoms with Gasteiger partial charge in [-0.1, -0.05) is 18.2 Å². The molecule has 8 nitrogen and oxygen atoms in total. The third-order valence-corrected chi connectivity index (χ3v) is 7.04. The highest BCUT2D eigenvalue weighted by Gasteiger charge is 2.45. The van der Waals surface area contributed by atoms with Crippen molar-refractivity contribution in [3.63, 3.8) is 0 Å². The molecule has 1 aliphatic heterocycles. The molecule has 8 heteroatoms. The molecule has 1 N–H and O–H groups in total. The Bertz CT molecular complexity index is 1280. The first-order valence-corrected chi connectivity index (χ1v) is 12.8. The summed E-state index contributed by atoms with van der Waals surface area (Å²) in [6.07, 6.45) is 2.36. The number of hydrogen-bond acceptors (Lipinski definition) is 8. The number of ketones is 1. The molecule has 38 heavy (non-hydrogen) atoms. The monoisotopic (exact) mass is 521 g/mol. The average molecular weight is 522 g/mol. The summed E-state index contributed by atoms with van der Waals surface area (Å²) in [6.45, 7) is 6.23. The highest BCUT2D eigenvalue weighted by molar-refractivity contribution is 5.96. The summed E-state index contributed by atoms with van der Waals surface area (Å²) in [6, 6.07) is 11.2. The Morgan fingerprint density at radius 1 is 0.868 bits per heavy atom. The van der Waals surface area contributed by atoms with Gasteiger partial charge in [0.2, 0.25) is 0 Å². The zero-order valence-corrected chi connectivity index (χ0v) is 22.8. The number of Topliss-reactive ketones (excluding diaryl/α,β-unsaturated/α-hetero) is 1. The quantitative estimate of drug-likeness (QED) is 0.467. The van der Waals surface area contributed by atoms with Crippen molar-refractivity contribution >= 4 is 11.8 Å². The summed E-state index contributed by atoms with van der Waals surface area (Å²) in [4.78, 5) is 27.0. The van der Waals surface area contributed by atoms with Gasteiger partial charge in [0.15, 0.2) is 23.0 Å². The first kappa shape index (κ1) is 27.1. The van der Waals surface area contributed by atoms with Gasteiger partial charge in [-0.2, -0.15) is 0 Å².